The van der Waals surface area contributed by atoms with E-state index in [-0.39, 0.29) is 12.3 Å². The van der Waals surface area contributed by atoms with Crippen LogP contribution in [0.15, 0.2) is 34.9 Å². The number of benzene rings is 1. The first-order valence-corrected chi connectivity index (χ1v) is 8.94. The van der Waals surface area contributed by atoms with Gasteiger partial charge in [-0.05, 0) is 31.7 Å². The Hall–Kier alpha value is -2.70. The molecular formula is C19H23N3O4. The minimum absolute atomic E-state index is 0.186. The Kier molecular flexibility index (Phi) is 5.65. The van der Waals surface area contributed by atoms with Crippen molar-refractivity contribution < 1.29 is 19.2 Å². The summed E-state index contributed by atoms with van der Waals surface area (Å²) in [5, 5.41) is 16.1. The largest absolute Gasteiger partial charge is 0.481 e. The van der Waals surface area contributed by atoms with Crippen LogP contribution in [0.2, 0.25) is 0 Å². The Bertz CT molecular complexity index is 755. The number of nitrogens with zero attached hydrogens (tertiary/aromatic N) is 2. The third-order valence-corrected chi connectivity index (χ3v) is 4.59. The van der Waals surface area contributed by atoms with E-state index in [0.717, 1.165) is 24.2 Å². The molecule has 1 aliphatic rings. The Balaban J connectivity index is 1.52. The number of hydrogen-bond acceptors (Lipinski definition) is 5. The van der Waals surface area contributed by atoms with Crippen LogP contribution in [0.3, 0.4) is 0 Å². The lowest BCUT2D eigenvalue weighted by atomic mass is 9.94. The van der Waals surface area contributed by atoms with Crippen molar-refractivity contribution in [3.8, 4) is 0 Å². The van der Waals surface area contributed by atoms with E-state index in [1.807, 2.05) is 30.3 Å². The molecule has 2 unspecified atom stereocenters. The summed E-state index contributed by atoms with van der Waals surface area (Å²) in [7, 11) is 0. The second-order valence-electron chi connectivity index (χ2n) is 6.76. The van der Waals surface area contributed by atoms with Crippen LogP contribution in [0.5, 0.6) is 0 Å². The van der Waals surface area contributed by atoms with Crippen molar-refractivity contribution in [1.82, 2.24) is 15.5 Å². The molecule has 138 valence electrons. The maximum atomic E-state index is 12.3. The highest BCUT2D eigenvalue weighted by Gasteiger charge is 2.29. The van der Waals surface area contributed by atoms with Gasteiger partial charge in [0, 0.05) is 18.8 Å². The molecule has 2 aromatic rings. The lowest BCUT2D eigenvalue weighted by Crippen LogP contribution is -2.35. The lowest BCUT2D eigenvalue weighted by molar-refractivity contribution is -0.142. The number of aliphatic carboxylic acids is 1. The van der Waals surface area contributed by atoms with Crippen LogP contribution in [0, 0.1) is 5.92 Å². The molecule has 1 fully saturated rings. The number of rotatable bonds is 9. The Labute approximate surface area is 151 Å². The first-order chi connectivity index (χ1) is 12.5. The number of amides is 1. The molecule has 1 aromatic heterocycles. The summed E-state index contributed by atoms with van der Waals surface area (Å²) in [5.41, 5.74) is 0.779. The summed E-state index contributed by atoms with van der Waals surface area (Å²) in [5.74, 6) is -0.0908. The lowest BCUT2D eigenvalue weighted by Gasteiger charge is -2.23. The summed E-state index contributed by atoms with van der Waals surface area (Å²) < 4.78 is 5.20. The molecule has 1 saturated carbocycles. The van der Waals surface area contributed by atoms with E-state index in [4.69, 9.17) is 4.52 Å². The van der Waals surface area contributed by atoms with Gasteiger partial charge >= 0.3 is 5.97 Å². The van der Waals surface area contributed by atoms with Crippen molar-refractivity contribution in [2.24, 2.45) is 5.92 Å². The molecule has 26 heavy (non-hydrogen) atoms. The van der Waals surface area contributed by atoms with E-state index >= 15 is 0 Å². The molecule has 7 nitrogen and oxygen atoms in total. The minimum atomic E-state index is -0.947. The average molecular weight is 357 g/mol. The highest BCUT2D eigenvalue weighted by molar-refractivity contribution is 5.78. The fraction of sp³-hybridized carbons (Fsp3) is 0.474. The van der Waals surface area contributed by atoms with Crippen molar-refractivity contribution in [3.05, 3.63) is 47.6 Å². The Morgan fingerprint density at radius 1 is 1.31 bits per heavy atom. The Morgan fingerprint density at radius 2 is 2.04 bits per heavy atom. The molecule has 1 heterocycles. The molecule has 0 radical (unpaired) electrons. The number of aryl methyl sites for hydroxylation is 1. The molecule has 0 spiro atoms. The molecule has 2 atom stereocenters. The molecule has 0 saturated heterocycles. The topological polar surface area (TPSA) is 105 Å². The minimum Gasteiger partial charge on any atom is -0.481 e. The predicted octanol–water partition coefficient (Wildman–Crippen LogP) is 2.85. The zero-order valence-electron chi connectivity index (χ0n) is 14.7. The smallest absolute Gasteiger partial charge is 0.308 e. The van der Waals surface area contributed by atoms with E-state index in [1.165, 1.54) is 0 Å². The maximum Gasteiger partial charge on any atom is 0.308 e. The van der Waals surface area contributed by atoms with Crippen molar-refractivity contribution in [2.45, 2.75) is 51.0 Å². The number of carboxylic acid groups (broad SMARTS) is 1. The monoisotopic (exact) mass is 357 g/mol. The molecule has 1 aromatic carbocycles. The maximum absolute atomic E-state index is 12.3. The van der Waals surface area contributed by atoms with Gasteiger partial charge in [-0.15, -0.1) is 0 Å². The van der Waals surface area contributed by atoms with Gasteiger partial charge in [0.25, 0.3) is 0 Å². The second kappa shape index (κ2) is 8.12. The van der Waals surface area contributed by atoms with E-state index in [0.29, 0.717) is 24.7 Å². The van der Waals surface area contributed by atoms with Crippen LogP contribution < -0.4 is 5.32 Å². The summed E-state index contributed by atoms with van der Waals surface area (Å²) >= 11 is 0. The molecule has 0 bridgehead atoms. The summed E-state index contributed by atoms with van der Waals surface area (Å²) in [6, 6.07) is 8.59. The number of aromatic nitrogens is 2. The van der Waals surface area contributed by atoms with Gasteiger partial charge in [0.1, 0.15) is 0 Å². The molecule has 2 N–H and O–H groups in total. The zero-order chi connectivity index (χ0) is 18.5. The van der Waals surface area contributed by atoms with Crippen molar-refractivity contribution >= 4 is 11.9 Å². The third-order valence-electron chi connectivity index (χ3n) is 4.59. The van der Waals surface area contributed by atoms with E-state index in [2.05, 4.69) is 15.5 Å². The molecular weight excluding hydrogens is 334 g/mol. The van der Waals surface area contributed by atoms with E-state index in [9.17, 15) is 14.7 Å². The molecule has 0 aliphatic heterocycles. The molecule has 7 heteroatoms. The number of carboxylic acids is 1. The summed E-state index contributed by atoms with van der Waals surface area (Å²) in [4.78, 5) is 28.0. The van der Waals surface area contributed by atoms with Gasteiger partial charge < -0.3 is 14.9 Å². The number of hydrogen-bond donors (Lipinski definition) is 2. The molecule has 1 aliphatic carbocycles. The van der Waals surface area contributed by atoms with Gasteiger partial charge in [0.2, 0.25) is 11.8 Å². The van der Waals surface area contributed by atoms with Crippen LogP contribution in [-0.2, 0) is 16.0 Å². The zero-order valence-corrected chi connectivity index (χ0v) is 14.7. The van der Waals surface area contributed by atoms with Crippen molar-refractivity contribution in [1.29, 1.82) is 0 Å². The number of carbonyl (C=O) groups excluding carboxylic acids is 1. The van der Waals surface area contributed by atoms with Gasteiger partial charge in [0.15, 0.2) is 5.82 Å². The number of carbonyl (C=O) groups is 2. The van der Waals surface area contributed by atoms with Crippen LogP contribution in [0.1, 0.15) is 61.8 Å². The first kappa shape index (κ1) is 18.1. The van der Waals surface area contributed by atoms with Gasteiger partial charge in [-0.3, -0.25) is 9.59 Å². The van der Waals surface area contributed by atoms with E-state index < -0.39 is 17.9 Å². The summed E-state index contributed by atoms with van der Waals surface area (Å²) in [6.07, 6.45) is 3.61. The van der Waals surface area contributed by atoms with Gasteiger partial charge in [-0.1, -0.05) is 35.5 Å². The SMILES string of the molecule is CC(C(=O)O)C(NC(=O)CCCc1nc(C2CC2)no1)c1ccccc1. The van der Waals surface area contributed by atoms with Crippen LogP contribution in [-0.4, -0.2) is 27.1 Å². The van der Waals surface area contributed by atoms with Gasteiger partial charge in [-0.25, -0.2) is 0 Å². The molecule has 1 amide bonds. The van der Waals surface area contributed by atoms with Crippen LogP contribution in [0.4, 0.5) is 0 Å². The highest BCUT2D eigenvalue weighted by atomic mass is 16.5. The highest BCUT2D eigenvalue weighted by Crippen LogP contribution is 2.38. The first-order valence-electron chi connectivity index (χ1n) is 8.94. The Morgan fingerprint density at radius 3 is 2.69 bits per heavy atom. The predicted molar refractivity (Wildman–Crippen MR) is 93.3 cm³/mol. The number of nitrogens with one attached hydrogen (secondary N) is 1. The third kappa shape index (κ3) is 4.68. The fourth-order valence-electron chi connectivity index (χ4n) is 2.82. The quantitative estimate of drug-likeness (QED) is 0.715. The normalized spacial score (nSPS) is 16.0. The van der Waals surface area contributed by atoms with Crippen molar-refractivity contribution in [2.75, 3.05) is 0 Å². The molecule has 3 rings (SSSR count). The standard InChI is InChI=1S/C19H23N3O4/c1-12(19(24)25)17(13-6-3-2-4-7-13)20-15(23)8-5-9-16-21-18(22-26-16)14-10-11-14/h2-4,6-7,12,14,17H,5,8-11H2,1H3,(H,20,23)(H,24,25). The van der Waals surface area contributed by atoms with E-state index in [1.54, 1.807) is 6.92 Å². The summed E-state index contributed by atoms with van der Waals surface area (Å²) in [6.45, 7) is 1.60. The fourth-order valence-corrected chi connectivity index (χ4v) is 2.82. The van der Waals surface area contributed by atoms with Crippen LogP contribution in [0.25, 0.3) is 0 Å². The average Bonchev–Trinajstić information content (AvgIpc) is 3.39. The second-order valence-corrected chi connectivity index (χ2v) is 6.76. The van der Waals surface area contributed by atoms with Gasteiger partial charge in [-0.2, -0.15) is 4.98 Å². The van der Waals surface area contributed by atoms with Crippen molar-refractivity contribution in [3.63, 3.8) is 0 Å². The van der Waals surface area contributed by atoms with Crippen LogP contribution >= 0.6 is 0 Å². The van der Waals surface area contributed by atoms with Gasteiger partial charge in [0.05, 0.1) is 12.0 Å².